The van der Waals surface area contributed by atoms with E-state index < -0.39 is 9.85 Å². The van der Waals surface area contributed by atoms with Crippen LogP contribution < -0.4 is 20.9 Å². The molecule has 0 fully saturated rings. The minimum absolute atomic E-state index is 0.0173. The van der Waals surface area contributed by atoms with Crippen molar-refractivity contribution in [3.05, 3.63) is 213 Å². The van der Waals surface area contributed by atoms with Crippen molar-refractivity contribution in [2.75, 3.05) is 20.0 Å². The van der Waals surface area contributed by atoms with E-state index in [2.05, 4.69) is 88.8 Å². The Hall–Kier alpha value is -7.88. The SMILES string of the molecule is COc1ccc(CN)c(OC)c1.Cc1nccc2c([N+](=O)[O-])cc(Br)cc12.Cc1nn(C)c(C)c1CCc1nccc2c([N+](=O)[O-])cc(Br)cc12.Nc1nccc2c([N+](=O)[O-])cc(Br)cc12.O=[N+]([O-])c1cc(Br)cc2c(Cl)nccc12. The van der Waals surface area contributed by atoms with E-state index in [-0.39, 0.29) is 43.6 Å². The van der Waals surface area contributed by atoms with Gasteiger partial charge in [0.05, 0.1) is 61.2 Å². The van der Waals surface area contributed by atoms with Gasteiger partial charge in [0.2, 0.25) is 0 Å². The molecular formula is C54H47Br4ClN12O10. The van der Waals surface area contributed by atoms with Crippen LogP contribution in [0.4, 0.5) is 28.6 Å². The summed E-state index contributed by atoms with van der Waals surface area (Å²) >= 11 is 18.9. The lowest BCUT2D eigenvalue weighted by Gasteiger charge is -2.07. The Bertz CT molecular complexity index is 3800. The predicted molar refractivity (Wildman–Crippen MR) is 326 cm³/mol. The highest BCUT2D eigenvalue weighted by Crippen LogP contribution is 2.36. The summed E-state index contributed by atoms with van der Waals surface area (Å²) < 4.78 is 14.6. The number of nitro groups is 4. The van der Waals surface area contributed by atoms with Crippen LogP contribution in [0.5, 0.6) is 11.5 Å². The summed E-state index contributed by atoms with van der Waals surface area (Å²) in [7, 11) is 5.17. The van der Waals surface area contributed by atoms with Gasteiger partial charge in [-0.05, 0) is 93.8 Å². The highest BCUT2D eigenvalue weighted by atomic mass is 79.9. The van der Waals surface area contributed by atoms with Crippen molar-refractivity contribution in [2.45, 2.75) is 40.2 Å². The van der Waals surface area contributed by atoms with Crippen LogP contribution in [0, 0.1) is 61.2 Å². The fourth-order valence-corrected chi connectivity index (χ4v) is 10.4. The third-order valence-electron chi connectivity index (χ3n) is 12.3. The van der Waals surface area contributed by atoms with E-state index in [0.717, 1.165) is 57.0 Å². The van der Waals surface area contributed by atoms with Crippen LogP contribution in [0.1, 0.15) is 33.9 Å². The van der Waals surface area contributed by atoms with E-state index in [4.69, 9.17) is 32.5 Å². The first-order chi connectivity index (χ1) is 38.5. The van der Waals surface area contributed by atoms with Crippen LogP contribution in [-0.4, -0.2) is 63.6 Å². The van der Waals surface area contributed by atoms with Gasteiger partial charge in [0, 0.05) is 131 Å². The number of aryl methyl sites for hydroxylation is 4. The number of nitro benzene ring substituents is 4. The number of rotatable bonds is 10. The Morgan fingerprint density at radius 1 is 0.543 bits per heavy atom. The maximum atomic E-state index is 11.3. The van der Waals surface area contributed by atoms with Crippen LogP contribution in [-0.2, 0) is 26.4 Å². The van der Waals surface area contributed by atoms with Gasteiger partial charge in [-0.3, -0.25) is 55.1 Å². The topological polar surface area (TPSA) is 312 Å². The number of fused-ring (bicyclic) bond motifs is 4. The number of halogens is 5. The van der Waals surface area contributed by atoms with Gasteiger partial charge in [-0.1, -0.05) is 81.4 Å². The smallest absolute Gasteiger partial charge is 0.278 e. The van der Waals surface area contributed by atoms with Crippen LogP contribution in [0.3, 0.4) is 0 Å². The summed E-state index contributed by atoms with van der Waals surface area (Å²) in [6.45, 7) is 6.36. The van der Waals surface area contributed by atoms with Gasteiger partial charge in [0.25, 0.3) is 22.7 Å². The van der Waals surface area contributed by atoms with Crippen molar-refractivity contribution in [1.29, 1.82) is 0 Å². The second-order valence-electron chi connectivity index (χ2n) is 17.2. The molecule has 4 N–H and O–H groups in total. The molecule has 0 bridgehead atoms. The quantitative estimate of drug-likeness (QED) is 0.0730. The Labute approximate surface area is 500 Å². The molecule has 0 saturated carbocycles. The van der Waals surface area contributed by atoms with E-state index >= 15 is 0 Å². The fourth-order valence-electron chi connectivity index (χ4n) is 8.36. The van der Waals surface area contributed by atoms with Gasteiger partial charge in [-0.25, -0.2) is 9.97 Å². The van der Waals surface area contributed by atoms with Crippen molar-refractivity contribution in [3.63, 3.8) is 0 Å². The second-order valence-corrected chi connectivity index (χ2v) is 21.2. The predicted octanol–water partition coefficient (Wildman–Crippen LogP) is 14.5. The van der Waals surface area contributed by atoms with E-state index in [9.17, 15) is 40.5 Å². The number of ether oxygens (including phenoxy) is 2. The number of benzene rings is 5. The summed E-state index contributed by atoms with van der Waals surface area (Å²) in [6.07, 6.45) is 7.64. The first kappa shape index (κ1) is 62.3. The van der Waals surface area contributed by atoms with Gasteiger partial charge in [-0.15, -0.1) is 0 Å². The standard InChI is InChI=1S/C17H17BrN4O2.C10H7BrN2O2.C9H4BrClN2O2.C9H6BrN3O2.C9H13NO2/c1-10-13(11(2)21(3)20-10)4-5-16-15-8-12(18)9-17(22(23)24)14(15)6-7-19-16;1-6-9-4-7(11)5-10(13(14)15)8(9)2-3-12-6;2*10-5-3-7-6(1-2-12-9(7)11)8(4-5)13(14)15;1-11-8-4-3-7(6-10)9(5-8)12-2/h6-9H,4-5H2,1-3H3;2-5H,1H3;1-4H;1-4H,(H2,11,12);3-5H,6,10H2,1-2H3. The molecular weight excluding hydrogens is 1330 g/mol. The molecule has 22 nitrogen and oxygen atoms in total. The molecule has 5 aromatic carbocycles. The second kappa shape index (κ2) is 28.0. The summed E-state index contributed by atoms with van der Waals surface area (Å²) in [5.41, 5.74) is 17.4. The molecule has 0 atom stereocenters. The molecule has 0 radical (unpaired) electrons. The molecule has 0 spiro atoms. The number of hydrogen-bond acceptors (Lipinski definition) is 17. The monoisotopic (exact) mass is 1370 g/mol. The Morgan fingerprint density at radius 2 is 0.988 bits per heavy atom. The van der Waals surface area contributed by atoms with E-state index in [1.165, 1.54) is 42.2 Å². The summed E-state index contributed by atoms with van der Waals surface area (Å²) in [6, 6.07) is 25.2. The molecule has 0 aliphatic rings. The molecule has 0 unspecified atom stereocenters. The van der Waals surface area contributed by atoms with E-state index in [1.807, 2.05) is 62.8 Å². The molecule has 81 heavy (non-hydrogen) atoms. The first-order valence-electron chi connectivity index (χ1n) is 23.6. The number of hydrogen-bond donors (Lipinski definition) is 2. The average Bonchev–Trinajstić information content (AvgIpc) is 3.76. The molecule has 5 aromatic heterocycles. The van der Waals surface area contributed by atoms with Crippen molar-refractivity contribution in [2.24, 2.45) is 12.8 Å². The normalized spacial score (nSPS) is 10.6. The summed E-state index contributed by atoms with van der Waals surface area (Å²) in [5, 5.41) is 53.4. The highest BCUT2D eigenvalue weighted by Gasteiger charge is 2.19. The van der Waals surface area contributed by atoms with Gasteiger partial charge in [0.15, 0.2) is 0 Å². The molecule has 5 heterocycles. The molecule has 418 valence electrons. The molecule has 0 aliphatic heterocycles. The zero-order valence-corrected chi connectivity index (χ0v) is 50.8. The third-order valence-corrected chi connectivity index (χ3v) is 14.5. The lowest BCUT2D eigenvalue weighted by atomic mass is 10.0. The highest BCUT2D eigenvalue weighted by molar-refractivity contribution is 9.11. The number of nitrogens with zero attached hydrogens (tertiary/aromatic N) is 10. The van der Waals surface area contributed by atoms with Crippen molar-refractivity contribution < 1.29 is 29.2 Å². The van der Waals surface area contributed by atoms with Crippen LogP contribution in [0.2, 0.25) is 5.15 Å². The minimum atomic E-state index is -0.441. The largest absolute Gasteiger partial charge is 0.497 e. The first-order valence-corrected chi connectivity index (χ1v) is 27.2. The summed E-state index contributed by atoms with van der Waals surface area (Å²) in [4.78, 5) is 58.4. The molecule has 27 heteroatoms. The zero-order chi connectivity index (χ0) is 59.4. The lowest BCUT2D eigenvalue weighted by Crippen LogP contribution is -2.00. The van der Waals surface area contributed by atoms with Gasteiger partial charge >= 0.3 is 0 Å². The van der Waals surface area contributed by atoms with E-state index in [1.54, 1.807) is 63.0 Å². The fraction of sp³-hybridized carbons (Fsp3) is 0.167. The number of anilines is 1. The maximum Gasteiger partial charge on any atom is 0.278 e. The van der Waals surface area contributed by atoms with Gasteiger partial charge in [-0.2, -0.15) is 5.10 Å². The maximum absolute atomic E-state index is 11.3. The Balaban J connectivity index is 0.000000167. The van der Waals surface area contributed by atoms with E-state index in [0.29, 0.717) is 63.2 Å². The number of nitrogens with two attached hydrogens (primary N) is 2. The van der Waals surface area contributed by atoms with Gasteiger partial charge < -0.3 is 20.9 Å². The summed E-state index contributed by atoms with van der Waals surface area (Å²) in [5.74, 6) is 1.85. The molecule has 0 saturated heterocycles. The van der Waals surface area contributed by atoms with Crippen molar-refractivity contribution >= 4 is 147 Å². The number of pyridine rings is 4. The van der Waals surface area contributed by atoms with Crippen molar-refractivity contribution in [1.82, 2.24) is 29.7 Å². The Kier molecular flexibility index (Phi) is 21.6. The van der Waals surface area contributed by atoms with Crippen LogP contribution in [0.25, 0.3) is 43.1 Å². The number of aromatic nitrogens is 6. The molecule has 10 rings (SSSR count). The van der Waals surface area contributed by atoms with Gasteiger partial charge in [0.1, 0.15) is 22.5 Å². The average molecular weight is 1380 g/mol. The Morgan fingerprint density at radius 3 is 1.47 bits per heavy atom. The minimum Gasteiger partial charge on any atom is -0.497 e. The number of methoxy groups -OCH3 is 2. The van der Waals surface area contributed by atoms with Crippen LogP contribution in [0.15, 0.2) is 134 Å². The molecule has 0 aliphatic carbocycles. The lowest BCUT2D eigenvalue weighted by molar-refractivity contribution is -0.383. The third kappa shape index (κ3) is 15.3. The van der Waals surface area contributed by atoms with Crippen LogP contribution >= 0.6 is 75.3 Å². The number of nitrogen functional groups attached to an aromatic ring is 1. The number of non-ortho nitro benzene ring substituents is 4. The molecule has 10 aromatic rings. The van der Waals surface area contributed by atoms with Crippen molar-refractivity contribution in [3.8, 4) is 11.5 Å². The molecule has 0 amide bonds. The zero-order valence-electron chi connectivity index (χ0n) is 43.7.